The number of rotatable bonds is 3. The van der Waals surface area contributed by atoms with Crippen LogP contribution in [0.5, 0.6) is 0 Å². The van der Waals surface area contributed by atoms with Crippen LogP contribution in [0.4, 0.5) is 10.1 Å². The lowest BCUT2D eigenvalue weighted by molar-refractivity contribution is 0.620. The first-order valence-corrected chi connectivity index (χ1v) is 5.96. The normalized spacial score (nSPS) is 14.9. The zero-order valence-electron chi connectivity index (χ0n) is 9.84. The zero-order chi connectivity index (χ0) is 12.7. The quantitative estimate of drug-likeness (QED) is 0.840. The highest BCUT2D eigenvalue weighted by Crippen LogP contribution is 2.33. The Bertz CT molecular complexity index is 640. The maximum atomic E-state index is 13.1. The van der Waals surface area contributed by atoms with Crippen molar-refractivity contribution >= 4 is 5.69 Å². The van der Waals surface area contributed by atoms with Crippen molar-refractivity contribution in [1.29, 1.82) is 0 Å². The molecule has 5 heteroatoms. The molecule has 1 aromatic heterocycles. The van der Waals surface area contributed by atoms with Gasteiger partial charge in [-0.15, -0.1) is 0 Å². The average molecular weight is 247 g/mol. The molecule has 0 spiro atoms. The van der Waals surface area contributed by atoms with Crippen molar-refractivity contribution in [3.05, 3.63) is 52.5 Å². The van der Waals surface area contributed by atoms with Gasteiger partial charge in [0.15, 0.2) is 0 Å². The number of nitrogen functional groups attached to an aromatic ring is 1. The Morgan fingerprint density at radius 2 is 2.11 bits per heavy atom. The van der Waals surface area contributed by atoms with Gasteiger partial charge in [0.2, 0.25) is 0 Å². The molecule has 2 N–H and O–H groups in total. The van der Waals surface area contributed by atoms with E-state index in [0.29, 0.717) is 23.8 Å². The summed E-state index contributed by atoms with van der Waals surface area (Å²) in [6.45, 7) is 0.308. The van der Waals surface area contributed by atoms with Gasteiger partial charge in [-0.3, -0.25) is 9.13 Å². The minimum Gasteiger partial charge on any atom is -0.398 e. The van der Waals surface area contributed by atoms with Gasteiger partial charge in [-0.05, 0) is 36.6 Å². The van der Waals surface area contributed by atoms with Crippen molar-refractivity contribution in [2.45, 2.75) is 25.4 Å². The van der Waals surface area contributed by atoms with E-state index < -0.39 is 0 Å². The number of hydrogen-bond acceptors (Lipinski definition) is 2. The van der Waals surface area contributed by atoms with Gasteiger partial charge in [0.25, 0.3) is 0 Å². The molecule has 1 fully saturated rings. The Kier molecular flexibility index (Phi) is 2.47. The fourth-order valence-corrected chi connectivity index (χ4v) is 2.07. The Morgan fingerprint density at radius 1 is 1.33 bits per heavy atom. The number of nitrogens with zero attached hydrogens (tertiary/aromatic N) is 2. The highest BCUT2D eigenvalue weighted by Gasteiger charge is 2.25. The molecule has 0 bridgehead atoms. The summed E-state index contributed by atoms with van der Waals surface area (Å²) in [5.74, 6) is -0.339. The minimum absolute atomic E-state index is 0.0545. The predicted octanol–water partition coefficient (Wildman–Crippen LogP) is 1.75. The lowest BCUT2D eigenvalue weighted by atomic mass is 10.2. The van der Waals surface area contributed by atoms with Crippen LogP contribution in [0.2, 0.25) is 0 Å². The number of anilines is 1. The number of halogens is 1. The lowest BCUT2D eigenvalue weighted by Crippen LogP contribution is -2.24. The molecule has 18 heavy (non-hydrogen) atoms. The van der Waals surface area contributed by atoms with E-state index in [1.54, 1.807) is 21.5 Å². The fraction of sp³-hybridized carbons (Fsp3) is 0.308. The average Bonchev–Trinajstić information content (AvgIpc) is 3.11. The number of benzene rings is 1. The third-order valence-electron chi connectivity index (χ3n) is 3.26. The van der Waals surface area contributed by atoms with Crippen LogP contribution in [0.1, 0.15) is 24.4 Å². The summed E-state index contributed by atoms with van der Waals surface area (Å²) in [5, 5.41) is 0. The zero-order valence-corrected chi connectivity index (χ0v) is 9.84. The van der Waals surface area contributed by atoms with Crippen molar-refractivity contribution < 1.29 is 4.39 Å². The van der Waals surface area contributed by atoms with Crippen LogP contribution in [-0.4, -0.2) is 9.13 Å². The highest BCUT2D eigenvalue weighted by molar-refractivity contribution is 5.46. The third-order valence-corrected chi connectivity index (χ3v) is 3.26. The number of aromatic nitrogens is 2. The first kappa shape index (κ1) is 11.1. The van der Waals surface area contributed by atoms with Crippen LogP contribution < -0.4 is 11.4 Å². The molecule has 2 aromatic rings. The summed E-state index contributed by atoms with van der Waals surface area (Å²) < 4.78 is 16.4. The van der Waals surface area contributed by atoms with E-state index in [9.17, 15) is 9.18 Å². The van der Waals surface area contributed by atoms with Crippen molar-refractivity contribution in [3.8, 4) is 0 Å². The molecule has 1 aliphatic carbocycles. The summed E-state index contributed by atoms with van der Waals surface area (Å²) in [6, 6.07) is 4.56. The first-order chi connectivity index (χ1) is 8.65. The molecule has 3 rings (SSSR count). The summed E-state index contributed by atoms with van der Waals surface area (Å²) in [5.41, 5.74) is 6.86. The van der Waals surface area contributed by atoms with Gasteiger partial charge >= 0.3 is 5.69 Å². The van der Waals surface area contributed by atoms with Gasteiger partial charge in [0.05, 0.1) is 6.54 Å². The van der Waals surface area contributed by atoms with Crippen molar-refractivity contribution in [2.24, 2.45) is 0 Å². The number of hydrogen-bond donors (Lipinski definition) is 1. The molecule has 1 aromatic carbocycles. The predicted molar refractivity (Wildman–Crippen MR) is 66.9 cm³/mol. The van der Waals surface area contributed by atoms with Crippen molar-refractivity contribution in [2.75, 3.05) is 5.73 Å². The van der Waals surface area contributed by atoms with E-state index in [0.717, 1.165) is 12.8 Å². The fourth-order valence-electron chi connectivity index (χ4n) is 2.07. The van der Waals surface area contributed by atoms with E-state index in [4.69, 9.17) is 5.73 Å². The molecule has 0 saturated heterocycles. The van der Waals surface area contributed by atoms with E-state index in [1.165, 1.54) is 18.2 Å². The minimum atomic E-state index is -0.339. The largest absolute Gasteiger partial charge is 0.398 e. The van der Waals surface area contributed by atoms with Crippen LogP contribution in [0.25, 0.3) is 0 Å². The number of imidazole rings is 1. The highest BCUT2D eigenvalue weighted by atomic mass is 19.1. The van der Waals surface area contributed by atoms with Gasteiger partial charge in [0.1, 0.15) is 5.82 Å². The lowest BCUT2D eigenvalue weighted by Gasteiger charge is -2.06. The third kappa shape index (κ3) is 1.92. The SMILES string of the molecule is Nc1ccc(F)cc1Cn1ccn(C2CC2)c1=O. The summed E-state index contributed by atoms with van der Waals surface area (Å²) in [4.78, 5) is 12.0. The molecule has 0 radical (unpaired) electrons. The monoisotopic (exact) mass is 247 g/mol. The number of nitrogens with two attached hydrogens (primary N) is 1. The molecule has 94 valence electrons. The van der Waals surface area contributed by atoms with Gasteiger partial charge in [-0.1, -0.05) is 0 Å². The Balaban J connectivity index is 1.92. The van der Waals surface area contributed by atoms with Crippen molar-refractivity contribution in [1.82, 2.24) is 9.13 Å². The van der Waals surface area contributed by atoms with Crippen LogP contribution >= 0.6 is 0 Å². The molecule has 1 heterocycles. The smallest absolute Gasteiger partial charge is 0.328 e. The summed E-state index contributed by atoms with van der Waals surface area (Å²) >= 11 is 0. The van der Waals surface area contributed by atoms with E-state index in [-0.39, 0.29) is 11.5 Å². The second-order valence-electron chi connectivity index (χ2n) is 4.69. The van der Waals surface area contributed by atoms with Crippen LogP contribution in [0, 0.1) is 5.82 Å². The van der Waals surface area contributed by atoms with Gasteiger partial charge in [-0.2, -0.15) is 0 Å². The molecular formula is C13H14FN3O. The Hall–Kier alpha value is -2.04. The maximum Gasteiger partial charge on any atom is 0.328 e. The van der Waals surface area contributed by atoms with Gasteiger partial charge in [-0.25, -0.2) is 9.18 Å². The molecular weight excluding hydrogens is 233 g/mol. The van der Waals surface area contributed by atoms with Crippen LogP contribution in [-0.2, 0) is 6.54 Å². The topological polar surface area (TPSA) is 52.9 Å². The van der Waals surface area contributed by atoms with Gasteiger partial charge < -0.3 is 5.73 Å². The maximum absolute atomic E-state index is 13.1. The Labute approximate surface area is 103 Å². The standard InChI is InChI=1S/C13H14FN3O/c14-10-1-4-12(15)9(7-10)8-16-5-6-17(13(16)18)11-2-3-11/h1,4-7,11H,2-3,8,15H2. The molecule has 0 unspecified atom stereocenters. The molecule has 0 amide bonds. The van der Waals surface area contributed by atoms with Gasteiger partial charge in [0, 0.05) is 24.1 Å². The second kappa shape index (κ2) is 4.01. The Morgan fingerprint density at radius 3 is 2.83 bits per heavy atom. The van der Waals surface area contributed by atoms with E-state index in [1.807, 2.05) is 0 Å². The van der Waals surface area contributed by atoms with E-state index >= 15 is 0 Å². The molecule has 4 nitrogen and oxygen atoms in total. The summed E-state index contributed by atoms with van der Waals surface area (Å²) in [7, 11) is 0. The van der Waals surface area contributed by atoms with Crippen LogP contribution in [0.3, 0.4) is 0 Å². The van der Waals surface area contributed by atoms with Crippen molar-refractivity contribution in [3.63, 3.8) is 0 Å². The van der Waals surface area contributed by atoms with Crippen LogP contribution in [0.15, 0.2) is 35.4 Å². The summed E-state index contributed by atoms with van der Waals surface area (Å²) in [6.07, 6.45) is 5.64. The van der Waals surface area contributed by atoms with E-state index in [2.05, 4.69) is 0 Å². The first-order valence-electron chi connectivity index (χ1n) is 5.96. The molecule has 0 aliphatic heterocycles. The molecule has 1 saturated carbocycles. The molecule has 1 aliphatic rings. The molecule has 0 atom stereocenters. The second-order valence-corrected chi connectivity index (χ2v) is 4.69.